The van der Waals surface area contributed by atoms with Gasteiger partial charge in [0.25, 0.3) is 47.3 Å². The highest BCUT2D eigenvalue weighted by Gasteiger charge is 2.38. The highest BCUT2D eigenvalue weighted by Crippen LogP contribution is 2.14. The second kappa shape index (κ2) is 49.0. The van der Waals surface area contributed by atoms with Crippen molar-refractivity contribution in [1.29, 1.82) is 10.8 Å². The van der Waals surface area contributed by atoms with E-state index >= 15 is 9.59 Å². The molecule has 0 saturated carbocycles. The number of phenolic OH excluding ortho intramolecular Hbond substituents is 2. The molecule has 0 heterocycles. The average Bonchev–Trinajstić information content (AvgIpc) is 0.845. The lowest BCUT2D eigenvalue weighted by atomic mass is 10.1. The Labute approximate surface area is 624 Å². The van der Waals surface area contributed by atoms with Crippen LogP contribution in [0.4, 0.5) is 0 Å². The van der Waals surface area contributed by atoms with E-state index in [9.17, 15) is 82.1 Å². The fourth-order valence-corrected chi connectivity index (χ4v) is 9.96. The molecule has 0 bridgehead atoms. The molecular formula is C66H96N24O19. The topological polar surface area (TPSA) is 699 Å². The Kier molecular flexibility index (Phi) is 41.0. The van der Waals surface area contributed by atoms with Gasteiger partial charge in [-0.3, -0.25) is 102 Å². The number of benzene rings is 3. The van der Waals surface area contributed by atoms with Gasteiger partial charge in [0.05, 0.1) is 48.3 Å². The summed E-state index contributed by atoms with van der Waals surface area (Å²) in [5.74, 6) is -13.3. The number of carbonyl (C=O) groups excluding carboxylic acids is 17. The van der Waals surface area contributed by atoms with Crippen LogP contribution in [0.1, 0.15) is 62.6 Å². The van der Waals surface area contributed by atoms with E-state index in [1.165, 1.54) is 69.4 Å². The highest BCUT2D eigenvalue weighted by atomic mass is 16.3. The molecule has 109 heavy (non-hydrogen) atoms. The van der Waals surface area contributed by atoms with Gasteiger partial charge in [-0.2, -0.15) is 0 Å². The van der Waals surface area contributed by atoms with Gasteiger partial charge in [-0.1, -0.05) is 54.6 Å². The fraction of sp³-hybridized carbons (Fsp3) is 0.439. The third kappa shape index (κ3) is 34.9. The zero-order chi connectivity index (χ0) is 81.1. The summed E-state index contributed by atoms with van der Waals surface area (Å²) < 4.78 is 0. The van der Waals surface area contributed by atoms with Crippen molar-refractivity contribution in [2.75, 3.05) is 20.1 Å². The van der Waals surface area contributed by atoms with Crippen LogP contribution in [0.3, 0.4) is 0 Å². The van der Waals surface area contributed by atoms with E-state index in [-0.39, 0.29) is 107 Å². The molecule has 0 fully saturated rings. The molecule has 43 heteroatoms. The number of phenols is 2. The summed E-state index contributed by atoms with van der Waals surface area (Å²) in [6.45, 7) is 2.51. The molecule has 0 saturated heterocycles. The summed E-state index contributed by atoms with van der Waals surface area (Å²) in [5.41, 5.74) is 23.1. The van der Waals surface area contributed by atoms with Gasteiger partial charge in [-0.25, -0.2) is 0 Å². The Balaban J connectivity index is 2.26. The average molecular weight is 1530 g/mol. The highest BCUT2D eigenvalue weighted by molar-refractivity contribution is 5.98. The zero-order valence-electron chi connectivity index (χ0n) is 59.6. The van der Waals surface area contributed by atoms with Crippen molar-refractivity contribution < 1.29 is 91.7 Å². The number of likely N-dealkylation sites (N-methyl/N-ethyl adjacent to an activating group) is 1. The number of guanidine groups is 2. The van der Waals surface area contributed by atoms with E-state index in [4.69, 9.17) is 33.8 Å². The smallest absolute Gasteiger partial charge is 0.259 e. The number of amides is 9. The van der Waals surface area contributed by atoms with Crippen LogP contribution in [-0.4, -0.2) is 243 Å². The van der Waals surface area contributed by atoms with Crippen molar-refractivity contribution in [2.24, 2.45) is 22.9 Å². The molecule has 0 radical (unpaired) electrons. The van der Waals surface area contributed by atoms with Gasteiger partial charge in [0.1, 0.15) is 68.0 Å². The lowest BCUT2D eigenvalue weighted by Crippen LogP contribution is -2.70. The maximum absolute atomic E-state index is 15.2. The van der Waals surface area contributed by atoms with Gasteiger partial charge in [0.2, 0.25) is 5.91 Å². The summed E-state index contributed by atoms with van der Waals surface area (Å²) in [7, 11) is 1.30. The van der Waals surface area contributed by atoms with Crippen molar-refractivity contribution >= 4 is 115 Å². The lowest BCUT2D eigenvalue weighted by Gasteiger charge is -2.31. The van der Waals surface area contributed by atoms with Crippen LogP contribution < -0.4 is 119 Å². The molecule has 0 aliphatic rings. The van der Waals surface area contributed by atoms with E-state index in [1.54, 1.807) is 30.3 Å². The molecule has 0 aliphatic heterocycles. The van der Waals surface area contributed by atoms with Crippen LogP contribution in [0.5, 0.6) is 11.5 Å². The number of hydrogen-bond donors (Lipinski definition) is 26. The first kappa shape index (κ1) is 91.2. The van der Waals surface area contributed by atoms with Crippen molar-refractivity contribution in [2.45, 2.75) is 163 Å². The summed E-state index contributed by atoms with van der Waals surface area (Å²) in [4.78, 5) is 228. The third-order valence-corrected chi connectivity index (χ3v) is 15.5. The normalized spacial score (nSPS) is 15.4. The first-order valence-corrected chi connectivity index (χ1v) is 33.8. The van der Waals surface area contributed by atoms with Gasteiger partial charge in [-0.15, -0.1) is 0 Å². The molecule has 0 spiro atoms. The molecule has 3 aromatic carbocycles. The van der Waals surface area contributed by atoms with Gasteiger partial charge in [0.15, 0.2) is 55.1 Å². The molecule has 16 atom stereocenters. The van der Waals surface area contributed by atoms with Crippen molar-refractivity contribution in [3.8, 4) is 11.5 Å². The van der Waals surface area contributed by atoms with Gasteiger partial charge < -0.3 is 119 Å². The van der Waals surface area contributed by atoms with Crippen LogP contribution >= 0.6 is 0 Å². The van der Waals surface area contributed by atoms with E-state index in [0.29, 0.717) is 35.5 Å². The summed E-state index contributed by atoms with van der Waals surface area (Å²) in [5, 5.41) is 79.0. The number of aromatic hydroxyl groups is 2. The van der Waals surface area contributed by atoms with Gasteiger partial charge in [-0.05, 0) is 107 Å². The van der Waals surface area contributed by atoms with Crippen LogP contribution in [-0.2, 0) is 101 Å². The predicted molar refractivity (Wildman–Crippen MR) is 387 cm³/mol. The minimum Gasteiger partial charge on any atom is -0.508 e. The minimum atomic E-state index is -2.33. The quantitative estimate of drug-likeness (QED) is 0.00820. The molecule has 30 N–H and O–H groups in total. The Hall–Kier alpha value is -12.0. The molecule has 43 nitrogen and oxygen atoms in total. The SMILES string of the molecule is CN[C@@H](N[C@@H](C=O)Cc1ccccc1)C(=O)N[C@@H](N[C@@H](C=O)CC(N)=O)C(=O)N[C@@H](N[C@@H](C)C=O)C(=O)N[C@@H](N[C@@H](C=O)Cc1ccc(O)cc1)C(=O)N[C@@H](N[C@@H](C=O)Cc1ccc(O)cc1)C(=O)N[C@@H](N[C@@H](C)C=O)C(=O)N[C@@H](N[C@@H](C=O)CCCNC(=N)N)C(=O)N[C@@H](N[C@@H](C=O)CCCNC(=N)N)C(N)=O. The van der Waals surface area contributed by atoms with Crippen LogP contribution in [0.15, 0.2) is 78.9 Å². The number of nitrogens with one attached hydrogen (secondary N) is 20. The maximum Gasteiger partial charge on any atom is 0.259 e. The number of aldehydes is 8. The van der Waals surface area contributed by atoms with Crippen LogP contribution in [0.25, 0.3) is 0 Å². The molecule has 594 valence electrons. The summed E-state index contributed by atoms with van der Waals surface area (Å²) in [6, 6.07) is 8.01. The molecule has 3 rings (SSSR count). The summed E-state index contributed by atoms with van der Waals surface area (Å²) in [6.07, 6.45) is -15.6. The maximum atomic E-state index is 15.2. The standard InChI is InChI=1S/C66H96N24O19/c1-35(27-91)76-52(59(104)88-54(79-41(30-94)12-8-22-75-66(71)72)61(106)84-50(49(68)102)78-40(29-93)11-7-21-74-65(69)70)85-62(107)55(81-43(32-96)24-38-13-17-46(99)18-14-38)90-64(109)56(82-44(33-97)25-39-15-19-47(100)20-16-39)89-60(105)53(77-36(2)28-92)86-63(108)57(83-45(34-98)26-48(67)101)87-58(103)51(73-3)80-42(31-95)23-37-9-5-4-6-10-37/h4-6,9-10,13-20,27-36,40-45,50-57,73,76-83,99-100H,7-8,11-12,21-26H2,1-3H3,(H2,67,101)(H2,68,102)(H,84,106)(H,85,107)(H,86,108)(H,87,103)(H,88,104)(H,89,105)(H,90,109)(H4,69,70,74)(H4,71,72,75)/t35-,36-,40+,41+,42+,43+,44+,45+,50+,51-,52+,53+,54+,55+,56+,57+/m0/s1. The molecule has 9 amide bonds. The van der Waals surface area contributed by atoms with Crippen LogP contribution in [0.2, 0.25) is 0 Å². The van der Waals surface area contributed by atoms with E-state index < -0.39 is 163 Å². The number of hydrogen-bond acceptors (Lipinski definition) is 30. The monoisotopic (exact) mass is 1530 g/mol. The zero-order valence-corrected chi connectivity index (χ0v) is 59.6. The van der Waals surface area contributed by atoms with Gasteiger partial charge in [0, 0.05) is 19.5 Å². The largest absolute Gasteiger partial charge is 0.508 e. The predicted octanol–water partition coefficient (Wildman–Crippen LogP) is -11.0. The third-order valence-electron chi connectivity index (χ3n) is 15.5. The van der Waals surface area contributed by atoms with E-state index in [1.807, 2.05) is 0 Å². The first-order chi connectivity index (χ1) is 51.9. The van der Waals surface area contributed by atoms with Gasteiger partial charge >= 0.3 is 0 Å². The van der Waals surface area contributed by atoms with E-state index in [0.717, 1.165) is 0 Å². The lowest BCUT2D eigenvalue weighted by molar-refractivity contribution is -0.138. The second-order valence-corrected chi connectivity index (χ2v) is 24.4. The molecule has 3 aromatic rings. The fourth-order valence-electron chi connectivity index (χ4n) is 9.96. The molecular weight excluding hydrogens is 1430 g/mol. The Morgan fingerprint density at radius 2 is 0.642 bits per heavy atom. The molecule has 0 aliphatic carbocycles. The minimum absolute atomic E-state index is 0.0180. The number of nitrogens with two attached hydrogens (primary N) is 4. The number of primary amides is 2. The Morgan fingerprint density at radius 3 is 0.936 bits per heavy atom. The molecule has 0 unspecified atom stereocenters. The van der Waals surface area contributed by atoms with Crippen molar-refractivity contribution in [1.82, 2.24) is 95.7 Å². The Bertz CT molecular complexity index is 3570. The summed E-state index contributed by atoms with van der Waals surface area (Å²) >= 11 is 0. The van der Waals surface area contributed by atoms with Crippen molar-refractivity contribution in [3.05, 3.63) is 95.6 Å². The van der Waals surface area contributed by atoms with Crippen molar-refractivity contribution in [3.63, 3.8) is 0 Å². The molecule has 0 aromatic heterocycles. The van der Waals surface area contributed by atoms with Crippen LogP contribution in [0, 0.1) is 10.8 Å². The van der Waals surface area contributed by atoms with E-state index in [2.05, 4.69) is 95.7 Å². The first-order valence-electron chi connectivity index (χ1n) is 33.8. The number of carbonyl (C=O) groups is 17. The number of rotatable bonds is 56. The Morgan fingerprint density at radius 1 is 0.367 bits per heavy atom. The second-order valence-electron chi connectivity index (χ2n) is 24.4.